The standard InChI is InChI=1S/C18H19N5O3.C18H21N5O2/c1-11(24)16-10-23(22-20-16)14-7-13(8-14)19-18(25)15-9-17(26-21-15)12-5-3-2-4-6-12;1-12(24)17-11-20-22-23(17)16-7-14(8-16)19-10-15-9-18(25-21-15)13-5-3-2-4-6-13/h2-6,9-11,13-14,24H,7-8H2,1H3,(H,19,25);2-6,9,11-12,14,16,19,24H,7-8,10H2,1H3/t11-,13?,14?;12-,14?,16?/m11/s1. The molecule has 4 N–H and O–H groups in total. The minimum Gasteiger partial charge on any atom is -0.387 e. The fourth-order valence-corrected chi connectivity index (χ4v) is 6.13. The van der Waals surface area contributed by atoms with Crippen molar-refractivity contribution in [2.75, 3.05) is 0 Å². The average Bonchev–Trinajstić information content (AvgIpc) is 3.94. The molecule has 2 fully saturated rings. The van der Waals surface area contributed by atoms with Crippen molar-refractivity contribution < 1.29 is 24.1 Å². The molecule has 6 aromatic rings. The molecule has 4 aromatic heterocycles. The SMILES string of the molecule is C[C@@H](O)c1cn(C2CC(NC(=O)c3cc(-c4ccccc4)on3)C2)nn1.C[C@@H](O)c1cnnn1C1CC(NCc2cc(-c3ccccc3)on2)C1. The maximum absolute atomic E-state index is 12.3. The number of aliphatic hydroxyl groups excluding tert-OH is 2. The second-order valence-electron chi connectivity index (χ2n) is 13.1. The Hall–Kier alpha value is -5.51. The third kappa shape index (κ3) is 7.95. The van der Waals surface area contributed by atoms with Crippen LogP contribution in [0.15, 0.2) is 94.2 Å². The van der Waals surface area contributed by atoms with Crippen molar-refractivity contribution in [3.63, 3.8) is 0 Å². The van der Waals surface area contributed by atoms with E-state index in [0.29, 0.717) is 30.1 Å². The predicted octanol–water partition coefficient (Wildman–Crippen LogP) is 4.60. The highest BCUT2D eigenvalue weighted by atomic mass is 16.5. The van der Waals surface area contributed by atoms with E-state index in [1.807, 2.05) is 71.4 Å². The van der Waals surface area contributed by atoms with E-state index in [4.69, 9.17) is 9.05 Å². The molecule has 0 bridgehead atoms. The molecule has 2 aliphatic rings. The third-order valence-corrected chi connectivity index (χ3v) is 9.26. The molecule has 2 aliphatic carbocycles. The highest BCUT2D eigenvalue weighted by Crippen LogP contribution is 2.34. The molecular formula is C36H40N10O5. The van der Waals surface area contributed by atoms with E-state index in [1.54, 1.807) is 37.0 Å². The monoisotopic (exact) mass is 692 g/mol. The van der Waals surface area contributed by atoms with Crippen molar-refractivity contribution in [3.05, 3.63) is 108 Å². The van der Waals surface area contributed by atoms with Crippen molar-refractivity contribution in [2.45, 2.75) is 82.5 Å². The van der Waals surface area contributed by atoms with Crippen molar-refractivity contribution in [1.29, 1.82) is 0 Å². The molecule has 4 heterocycles. The summed E-state index contributed by atoms with van der Waals surface area (Å²) < 4.78 is 14.3. The molecular weight excluding hydrogens is 652 g/mol. The van der Waals surface area contributed by atoms with Gasteiger partial charge in [0.1, 0.15) is 5.69 Å². The molecule has 15 heteroatoms. The highest BCUT2D eigenvalue weighted by Gasteiger charge is 2.34. The zero-order valence-corrected chi connectivity index (χ0v) is 28.3. The van der Waals surface area contributed by atoms with Crippen LogP contribution in [0.25, 0.3) is 22.6 Å². The maximum atomic E-state index is 12.3. The van der Waals surface area contributed by atoms with E-state index < -0.39 is 12.2 Å². The Balaban J connectivity index is 0.000000159. The lowest BCUT2D eigenvalue weighted by Gasteiger charge is -2.36. The number of nitrogens with zero attached hydrogens (tertiary/aromatic N) is 8. The van der Waals surface area contributed by atoms with Gasteiger partial charge in [0.25, 0.3) is 5.91 Å². The maximum Gasteiger partial charge on any atom is 0.273 e. The molecule has 8 rings (SSSR count). The highest BCUT2D eigenvalue weighted by molar-refractivity contribution is 5.93. The van der Waals surface area contributed by atoms with Crippen LogP contribution in [0.1, 0.15) is 91.4 Å². The lowest BCUT2D eigenvalue weighted by atomic mass is 9.86. The Morgan fingerprint density at radius 1 is 0.843 bits per heavy atom. The smallest absolute Gasteiger partial charge is 0.273 e. The molecule has 2 aromatic carbocycles. The first kappa shape index (κ1) is 34.0. The quantitative estimate of drug-likeness (QED) is 0.148. The van der Waals surface area contributed by atoms with Crippen LogP contribution in [0, 0.1) is 0 Å². The number of carbonyl (C=O) groups is 1. The minimum atomic E-state index is -0.634. The van der Waals surface area contributed by atoms with E-state index in [2.05, 4.69) is 41.6 Å². The van der Waals surface area contributed by atoms with Gasteiger partial charge in [0.2, 0.25) is 0 Å². The molecule has 264 valence electrons. The number of nitrogens with one attached hydrogen (secondary N) is 2. The van der Waals surface area contributed by atoms with Crippen LogP contribution in [-0.4, -0.2) is 68.5 Å². The molecule has 0 unspecified atom stereocenters. The summed E-state index contributed by atoms with van der Waals surface area (Å²) in [5, 5.41) is 49.7. The van der Waals surface area contributed by atoms with Gasteiger partial charge in [-0.3, -0.25) is 4.79 Å². The number of hydrogen-bond donors (Lipinski definition) is 4. The number of aromatic nitrogens is 8. The lowest BCUT2D eigenvalue weighted by molar-refractivity contribution is 0.0878. The van der Waals surface area contributed by atoms with Gasteiger partial charge < -0.3 is 29.9 Å². The largest absolute Gasteiger partial charge is 0.387 e. The summed E-state index contributed by atoms with van der Waals surface area (Å²) in [7, 11) is 0. The van der Waals surface area contributed by atoms with Gasteiger partial charge in [0.15, 0.2) is 17.2 Å². The van der Waals surface area contributed by atoms with Crippen LogP contribution in [0.4, 0.5) is 0 Å². The van der Waals surface area contributed by atoms with Gasteiger partial charge >= 0.3 is 0 Å². The Kier molecular flexibility index (Phi) is 10.1. The Bertz CT molecular complexity index is 2010. The second kappa shape index (κ2) is 15.2. The zero-order valence-electron chi connectivity index (χ0n) is 28.3. The molecule has 2 atom stereocenters. The number of aliphatic hydroxyl groups is 2. The van der Waals surface area contributed by atoms with Crippen LogP contribution in [-0.2, 0) is 6.54 Å². The van der Waals surface area contributed by atoms with Crippen molar-refractivity contribution in [2.24, 2.45) is 0 Å². The van der Waals surface area contributed by atoms with E-state index in [0.717, 1.165) is 54.0 Å². The van der Waals surface area contributed by atoms with E-state index in [9.17, 15) is 15.0 Å². The van der Waals surface area contributed by atoms with Crippen LogP contribution >= 0.6 is 0 Å². The van der Waals surface area contributed by atoms with Gasteiger partial charge in [0, 0.05) is 41.9 Å². The normalized spacial score (nSPS) is 20.7. The Morgan fingerprint density at radius 3 is 2.14 bits per heavy atom. The zero-order chi connectivity index (χ0) is 35.3. The molecule has 15 nitrogen and oxygen atoms in total. The first-order chi connectivity index (χ1) is 24.8. The first-order valence-electron chi connectivity index (χ1n) is 17.1. The lowest BCUT2D eigenvalue weighted by Crippen LogP contribution is -2.45. The second-order valence-corrected chi connectivity index (χ2v) is 13.1. The van der Waals surface area contributed by atoms with Crippen molar-refractivity contribution in [3.8, 4) is 22.6 Å². The van der Waals surface area contributed by atoms with Crippen LogP contribution in [0.3, 0.4) is 0 Å². The molecule has 0 saturated heterocycles. The average molecular weight is 693 g/mol. The van der Waals surface area contributed by atoms with Crippen LogP contribution in [0.2, 0.25) is 0 Å². The summed E-state index contributed by atoms with van der Waals surface area (Å²) in [6.07, 6.45) is 5.65. The fraction of sp³-hybridized carbons (Fsp3) is 0.361. The Morgan fingerprint density at radius 2 is 1.49 bits per heavy atom. The Labute approximate surface area is 293 Å². The predicted molar refractivity (Wildman–Crippen MR) is 184 cm³/mol. The van der Waals surface area contributed by atoms with Gasteiger partial charge in [-0.15, -0.1) is 10.2 Å². The molecule has 2 saturated carbocycles. The number of hydrogen-bond acceptors (Lipinski definition) is 12. The summed E-state index contributed by atoms with van der Waals surface area (Å²) in [4.78, 5) is 12.3. The summed E-state index contributed by atoms with van der Waals surface area (Å²) in [5.74, 6) is 1.10. The summed E-state index contributed by atoms with van der Waals surface area (Å²) >= 11 is 0. The van der Waals surface area contributed by atoms with Crippen LogP contribution < -0.4 is 10.6 Å². The van der Waals surface area contributed by atoms with E-state index in [-0.39, 0.29) is 23.7 Å². The number of benzene rings is 2. The topological polar surface area (TPSA) is 195 Å². The van der Waals surface area contributed by atoms with Gasteiger partial charge in [-0.25, -0.2) is 9.36 Å². The minimum absolute atomic E-state index is 0.0589. The number of carbonyl (C=O) groups excluding carboxylic acids is 1. The fourth-order valence-electron chi connectivity index (χ4n) is 6.13. The van der Waals surface area contributed by atoms with Gasteiger partial charge in [0.05, 0.1) is 48.1 Å². The first-order valence-corrected chi connectivity index (χ1v) is 17.1. The van der Waals surface area contributed by atoms with E-state index >= 15 is 0 Å². The molecule has 51 heavy (non-hydrogen) atoms. The van der Waals surface area contributed by atoms with Gasteiger partial charge in [-0.1, -0.05) is 81.4 Å². The summed E-state index contributed by atoms with van der Waals surface area (Å²) in [5.41, 5.74) is 4.39. The molecule has 0 aliphatic heterocycles. The third-order valence-electron chi connectivity index (χ3n) is 9.26. The van der Waals surface area contributed by atoms with Crippen molar-refractivity contribution in [1.82, 2.24) is 50.9 Å². The van der Waals surface area contributed by atoms with Gasteiger partial charge in [-0.2, -0.15) is 0 Å². The molecule has 0 radical (unpaired) electrons. The number of amides is 1. The van der Waals surface area contributed by atoms with Crippen LogP contribution in [0.5, 0.6) is 0 Å². The summed E-state index contributed by atoms with van der Waals surface area (Å²) in [6, 6.07) is 24.0. The van der Waals surface area contributed by atoms with Crippen molar-refractivity contribution >= 4 is 5.91 Å². The number of rotatable bonds is 11. The molecule has 0 spiro atoms. The van der Waals surface area contributed by atoms with E-state index in [1.165, 1.54) is 0 Å². The summed E-state index contributed by atoms with van der Waals surface area (Å²) in [6.45, 7) is 4.06. The van der Waals surface area contributed by atoms with Gasteiger partial charge in [-0.05, 0) is 39.5 Å². The molecule has 1 amide bonds.